The lowest BCUT2D eigenvalue weighted by atomic mass is 10.2. The predicted octanol–water partition coefficient (Wildman–Crippen LogP) is 1.86. The number of carbonyl (C=O) groups is 1. The molecule has 0 saturated heterocycles. The van der Waals surface area contributed by atoms with Crippen LogP contribution in [0.3, 0.4) is 0 Å². The molecule has 1 N–H and O–H groups in total. The highest BCUT2D eigenvalue weighted by molar-refractivity contribution is 5.79. The third kappa shape index (κ3) is 3.19. The highest BCUT2D eigenvalue weighted by Crippen LogP contribution is 2.13. The van der Waals surface area contributed by atoms with Gasteiger partial charge >= 0.3 is 0 Å². The van der Waals surface area contributed by atoms with Crippen LogP contribution in [0, 0.1) is 6.92 Å². The highest BCUT2D eigenvalue weighted by atomic mass is 16.2. The molecule has 2 aromatic heterocycles. The molecular formula is C17H20N6O. The van der Waals surface area contributed by atoms with Gasteiger partial charge in [-0.15, -0.1) is 10.2 Å². The minimum absolute atomic E-state index is 0.147. The number of benzene rings is 1. The van der Waals surface area contributed by atoms with E-state index in [0.717, 1.165) is 17.0 Å². The lowest BCUT2D eigenvalue weighted by Crippen LogP contribution is -2.32. The number of tetrazole rings is 1. The summed E-state index contributed by atoms with van der Waals surface area (Å²) in [6.07, 6.45) is 0. The van der Waals surface area contributed by atoms with Gasteiger partial charge in [0.05, 0.1) is 6.54 Å². The predicted molar refractivity (Wildman–Crippen MR) is 90.0 cm³/mol. The van der Waals surface area contributed by atoms with Gasteiger partial charge in [-0.05, 0) is 31.2 Å². The van der Waals surface area contributed by atoms with Crippen LogP contribution in [0.15, 0.2) is 42.5 Å². The highest BCUT2D eigenvalue weighted by Gasteiger charge is 2.18. The van der Waals surface area contributed by atoms with Gasteiger partial charge in [0.15, 0.2) is 0 Å². The van der Waals surface area contributed by atoms with Gasteiger partial charge in [0.1, 0.15) is 6.04 Å². The first-order valence-electron chi connectivity index (χ1n) is 7.80. The molecule has 1 amide bonds. The van der Waals surface area contributed by atoms with Gasteiger partial charge in [-0.2, -0.15) is 4.80 Å². The van der Waals surface area contributed by atoms with E-state index in [1.165, 1.54) is 4.80 Å². The van der Waals surface area contributed by atoms with Crippen molar-refractivity contribution in [1.82, 2.24) is 30.1 Å². The Morgan fingerprint density at radius 3 is 2.62 bits per heavy atom. The van der Waals surface area contributed by atoms with Crippen molar-refractivity contribution in [2.24, 2.45) is 7.05 Å². The van der Waals surface area contributed by atoms with Gasteiger partial charge in [-0.1, -0.05) is 30.3 Å². The van der Waals surface area contributed by atoms with E-state index >= 15 is 0 Å². The van der Waals surface area contributed by atoms with Crippen LogP contribution in [-0.4, -0.2) is 30.7 Å². The second-order valence-electron chi connectivity index (χ2n) is 5.72. The fourth-order valence-electron chi connectivity index (χ4n) is 2.37. The number of hydrogen-bond donors (Lipinski definition) is 1. The molecule has 1 aromatic carbocycles. The molecule has 0 fully saturated rings. The van der Waals surface area contributed by atoms with Gasteiger partial charge in [0.25, 0.3) is 0 Å². The Morgan fingerprint density at radius 1 is 1.21 bits per heavy atom. The molecule has 24 heavy (non-hydrogen) atoms. The Hall–Kier alpha value is -2.96. The van der Waals surface area contributed by atoms with Crippen LogP contribution in [0.1, 0.15) is 24.4 Å². The molecule has 0 bridgehead atoms. The summed E-state index contributed by atoms with van der Waals surface area (Å²) in [6.45, 7) is 4.24. The van der Waals surface area contributed by atoms with Crippen molar-refractivity contribution in [2.45, 2.75) is 26.4 Å². The number of aromatic nitrogens is 5. The second-order valence-corrected chi connectivity index (χ2v) is 5.72. The van der Waals surface area contributed by atoms with Crippen LogP contribution < -0.4 is 5.32 Å². The van der Waals surface area contributed by atoms with Crippen molar-refractivity contribution < 1.29 is 4.79 Å². The van der Waals surface area contributed by atoms with Crippen LogP contribution in [0.2, 0.25) is 0 Å². The van der Waals surface area contributed by atoms with E-state index < -0.39 is 6.04 Å². The molecule has 0 spiro atoms. The summed E-state index contributed by atoms with van der Waals surface area (Å²) in [5.74, 6) is 0.360. The molecule has 7 heteroatoms. The maximum atomic E-state index is 12.3. The van der Waals surface area contributed by atoms with Crippen LogP contribution in [0.25, 0.3) is 11.4 Å². The molecule has 0 unspecified atom stereocenters. The molecule has 0 aliphatic heterocycles. The maximum Gasteiger partial charge on any atom is 0.246 e. The van der Waals surface area contributed by atoms with Crippen molar-refractivity contribution >= 4 is 5.91 Å². The number of nitrogens with one attached hydrogen (secondary N) is 1. The molecule has 3 aromatic rings. The van der Waals surface area contributed by atoms with E-state index in [9.17, 15) is 4.79 Å². The molecule has 7 nitrogen and oxygen atoms in total. The zero-order valence-electron chi connectivity index (χ0n) is 14.0. The molecule has 2 heterocycles. The Bertz CT molecular complexity index is 836. The third-order valence-corrected chi connectivity index (χ3v) is 4.11. The minimum atomic E-state index is -0.531. The van der Waals surface area contributed by atoms with Gasteiger partial charge in [-0.3, -0.25) is 4.79 Å². The van der Waals surface area contributed by atoms with Crippen molar-refractivity contribution in [1.29, 1.82) is 0 Å². The quantitative estimate of drug-likeness (QED) is 0.777. The van der Waals surface area contributed by atoms with E-state index in [-0.39, 0.29) is 5.91 Å². The fourth-order valence-corrected chi connectivity index (χ4v) is 2.37. The maximum absolute atomic E-state index is 12.3. The monoisotopic (exact) mass is 324 g/mol. The molecular weight excluding hydrogens is 304 g/mol. The van der Waals surface area contributed by atoms with Crippen molar-refractivity contribution in [3.8, 4) is 11.4 Å². The number of amides is 1. The average molecular weight is 324 g/mol. The number of nitrogens with zero attached hydrogens (tertiary/aromatic N) is 5. The molecule has 0 aliphatic carbocycles. The summed E-state index contributed by atoms with van der Waals surface area (Å²) in [7, 11) is 1.98. The number of rotatable bonds is 5. The first-order valence-corrected chi connectivity index (χ1v) is 7.80. The number of carbonyl (C=O) groups excluding carboxylic acids is 1. The van der Waals surface area contributed by atoms with Gasteiger partial charge in [-0.25, -0.2) is 0 Å². The Labute approximate surface area is 140 Å². The molecule has 3 rings (SSSR count). The first kappa shape index (κ1) is 15.9. The number of hydrogen-bond acceptors (Lipinski definition) is 4. The van der Waals surface area contributed by atoms with E-state index in [1.807, 2.05) is 61.0 Å². The fraction of sp³-hybridized carbons (Fsp3) is 0.294. The molecule has 1 atom stereocenters. The summed E-state index contributed by atoms with van der Waals surface area (Å²) >= 11 is 0. The minimum Gasteiger partial charge on any atom is -0.350 e. The molecule has 0 radical (unpaired) electrons. The van der Waals surface area contributed by atoms with Gasteiger partial charge in [0.2, 0.25) is 11.7 Å². The van der Waals surface area contributed by atoms with Crippen LogP contribution in [0.4, 0.5) is 0 Å². The first-order chi connectivity index (χ1) is 11.6. The zero-order chi connectivity index (χ0) is 17.1. The van der Waals surface area contributed by atoms with Gasteiger partial charge in [0, 0.05) is 24.0 Å². The van der Waals surface area contributed by atoms with Crippen molar-refractivity contribution in [2.75, 3.05) is 0 Å². The Morgan fingerprint density at radius 2 is 1.96 bits per heavy atom. The smallest absolute Gasteiger partial charge is 0.246 e. The van der Waals surface area contributed by atoms with Crippen LogP contribution >= 0.6 is 0 Å². The lowest BCUT2D eigenvalue weighted by Gasteiger charge is -2.11. The van der Waals surface area contributed by atoms with E-state index in [2.05, 4.69) is 20.7 Å². The summed E-state index contributed by atoms with van der Waals surface area (Å²) in [5.41, 5.74) is 3.07. The lowest BCUT2D eigenvalue weighted by molar-refractivity contribution is -0.124. The summed E-state index contributed by atoms with van der Waals surface area (Å²) < 4.78 is 2.05. The second kappa shape index (κ2) is 6.66. The largest absolute Gasteiger partial charge is 0.350 e. The summed E-state index contributed by atoms with van der Waals surface area (Å²) in [6, 6.07) is 13.1. The summed E-state index contributed by atoms with van der Waals surface area (Å²) in [4.78, 5) is 13.7. The Kier molecular flexibility index (Phi) is 4.41. The van der Waals surface area contributed by atoms with E-state index in [1.54, 1.807) is 6.92 Å². The van der Waals surface area contributed by atoms with Crippen molar-refractivity contribution in [3.05, 3.63) is 53.9 Å². The van der Waals surface area contributed by atoms with E-state index in [4.69, 9.17) is 0 Å². The SMILES string of the molecule is Cc1ccc(CNC(=O)[C@@H](C)n2nnc(-c3ccccc3)n2)n1C. The summed E-state index contributed by atoms with van der Waals surface area (Å²) in [5, 5.41) is 15.2. The molecule has 0 saturated carbocycles. The average Bonchev–Trinajstić information content (AvgIpc) is 3.21. The van der Waals surface area contributed by atoms with E-state index in [0.29, 0.717) is 12.4 Å². The van der Waals surface area contributed by atoms with Crippen LogP contribution in [-0.2, 0) is 18.4 Å². The zero-order valence-corrected chi connectivity index (χ0v) is 14.0. The van der Waals surface area contributed by atoms with Crippen molar-refractivity contribution in [3.63, 3.8) is 0 Å². The topological polar surface area (TPSA) is 77.6 Å². The third-order valence-electron chi connectivity index (χ3n) is 4.11. The van der Waals surface area contributed by atoms with Gasteiger partial charge < -0.3 is 9.88 Å². The van der Waals surface area contributed by atoms with Crippen LogP contribution in [0.5, 0.6) is 0 Å². The standard InChI is InChI=1S/C17H20N6O/c1-12-9-10-15(22(12)3)11-18-17(24)13(2)23-20-16(19-21-23)14-7-5-4-6-8-14/h4-10,13H,11H2,1-3H3,(H,18,24)/t13-/m1/s1. The molecule has 124 valence electrons. The Balaban J connectivity index is 1.66. The molecule has 0 aliphatic rings. The normalized spacial score (nSPS) is 12.1. The number of aryl methyl sites for hydroxylation is 1.